The van der Waals surface area contributed by atoms with E-state index in [2.05, 4.69) is 10.3 Å². The van der Waals surface area contributed by atoms with E-state index in [1.807, 2.05) is 49.6 Å². The molecule has 0 radical (unpaired) electrons. The highest BCUT2D eigenvalue weighted by atomic mass is 16.7. The summed E-state index contributed by atoms with van der Waals surface area (Å²) in [6.45, 7) is 7.28. The van der Waals surface area contributed by atoms with E-state index in [1.165, 1.54) is 0 Å². The summed E-state index contributed by atoms with van der Waals surface area (Å²) in [7, 11) is 0. The number of fused-ring (bicyclic) bond motifs is 1. The number of rotatable bonds is 5. The molecular formula is C20H24N4O3. The van der Waals surface area contributed by atoms with E-state index in [1.54, 1.807) is 12.1 Å². The average molecular weight is 368 g/mol. The first kappa shape index (κ1) is 17.8. The molecule has 142 valence electrons. The summed E-state index contributed by atoms with van der Waals surface area (Å²) in [6, 6.07) is 11.4. The van der Waals surface area contributed by atoms with Gasteiger partial charge in [-0.3, -0.25) is 4.98 Å². The number of anilines is 1. The predicted molar refractivity (Wildman–Crippen MR) is 103 cm³/mol. The molecule has 0 bridgehead atoms. The van der Waals surface area contributed by atoms with Crippen molar-refractivity contribution < 1.29 is 14.6 Å². The molecule has 1 aliphatic heterocycles. The van der Waals surface area contributed by atoms with Crippen molar-refractivity contribution in [3.63, 3.8) is 0 Å². The van der Waals surface area contributed by atoms with Crippen LogP contribution in [-0.4, -0.2) is 44.7 Å². The van der Waals surface area contributed by atoms with Gasteiger partial charge >= 0.3 is 0 Å². The average Bonchev–Trinajstić information content (AvgIpc) is 3.16. The Labute approximate surface area is 158 Å². The van der Waals surface area contributed by atoms with Gasteiger partial charge in [0.25, 0.3) is 0 Å². The number of ether oxygens (including phenoxy) is 2. The SMILES string of the molecule is Cc1ccc(O)c(Cn2c(NCC3COC(C)(C)O3)nc3ccccc32)n1. The lowest BCUT2D eigenvalue weighted by molar-refractivity contribution is -0.136. The van der Waals surface area contributed by atoms with E-state index < -0.39 is 5.79 Å². The normalized spacial score (nSPS) is 18.9. The van der Waals surface area contributed by atoms with Crippen LogP contribution in [0.25, 0.3) is 11.0 Å². The van der Waals surface area contributed by atoms with Crippen LogP contribution in [-0.2, 0) is 16.0 Å². The van der Waals surface area contributed by atoms with Gasteiger partial charge in [-0.15, -0.1) is 0 Å². The van der Waals surface area contributed by atoms with Crippen LogP contribution in [0.2, 0.25) is 0 Å². The topological polar surface area (TPSA) is 81.4 Å². The lowest BCUT2D eigenvalue weighted by Crippen LogP contribution is -2.26. The first-order chi connectivity index (χ1) is 12.9. The molecule has 0 spiro atoms. The number of nitrogens with zero attached hydrogens (tertiary/aromatic N) is 3. The number of para-hydroxylation sites is 2. The Morgan fingerprint density at radius 2 is 2.04 bits per heavy atom. The van der Waals surface area contributed by atoms with Crippen molar-refractivity contribution in [3.05, 3.63) is 47.8 Å². The standard InChI is InChI=1S/C20H24N4O3/c1-13-8-9-18(25)16(22-13)11-24-17-7-5-4-6-15(17)23-19(24)21-10-14-12-26-20(2,3)27-14/h4-9,14,25H,10-12H2,1-3H3,(H,21,23). The molecule has 2 N–H and O–H groups in total. The second-order valence-corrected chi connectivity index (χ2v) is 7.26. The predicted octanol–water partition coefficient (Wildman–Crippen LogP) is 3.06. The van der Waals surface area contributed by atoms with Gasteiger partial charge in [-0.05, 0) is 45.0 Å². The smallest absolute Gasteiger partial charge is 0.204 e. The van der Waals surface area contributed by atoms with Crippen LogP contribution in [0.4, 0.5) is 5.95 Å². The van der Waals surface area contributed by atoms with Crippen LogP contribution in [0.5, 0.6) is 5.75 Å². The molecule has 1 atom stereocenters. The second kappa shape index (κ2) is 6.83. The molecule has 1 aromatic carbocycles. The van der Waals surface area contributed by atoms with E-state index in [9.17, 15) is 5.11 Å². The minimum atomic E-state index is -0.552. The molecule has 3 heterocycles. The molecule has 0 saturated carbocycles. The molecule has 4 rings (SSSR count). The van der Waals surface area contributed by atoms with Gasteiger partial charge in [-0.1, -0.05) is 12.1 Å². The molecule has 1 unspecified atom stereocenters. The highest BCUT2D eigenvalue weighted by Gasteiger charge is 2.32. The zero-order valence-electron chi connectivity index (χ0n) is 15.8. The number of hydrogen-bond donors (Lipinski definition) is 2. The first-order valence-electron chi connectivity index (χ1n) is 9.08. The molecule has 1 aliphatic rings. The van der Waals surface area contributed by atoms with Crippen molar-refractivity contribution in [1.29, 1.82) is 0 Å². The lowest BCUT2D eigenvalue weighted by atomic mass is 10.2. The summed E-state index contributed by atoms with van der Waals surface area (Å²) in [5, 5.41) is 13.6. The van der Waals surface area contributed by atoms with Crippen LogP contribution in [0.1, 0.15) is 25.2 Å². The van der Waals surface area contributed by atoms with Gasteiger partial charge < -0.3 is 24.5 Å². The molecule has 2 aromatic heterocycles. The Bertz CT molecular complexity index is 967. The van der Waals surface area contributed by atoms with Gasteiger partial charge in [0.05, 0.1) is 24.2 Å². The third kappa shape index (κ3) is 3.74. The van der Waals surface area contributed by atoms with Crippen molar-refractivity contribution in [2.45, 2.75) is 39.2 Å². The van der Waals surface area contributed by atoms with E-state index in [0.717, 1.165) is 16.7 Å². The minimum Gasteiger partial charge on any atom is -0.506 e. The largest absolute Gasteiger partial charge is 0.506 e. The lowest BCUT2D eigenvalue weighted by Gasteiger charge is -2.18. The van der Waals surface area contributed by atoms with Gasteiger partial charge in [0.1, 0.15) is 17.5 Å². The summed E-state index contributed by atoms with van der Waals surface area (Å²) >= 11 is 0. The highest BCUT2D eigenvalue weighted by Crippen LogP contribution is 2.26. The zero-order valence-corrected chi connectivity index (χ0v) is 15.8. The van der Waals surface area contributed by atoms with Crippen LogP contribution in [0.15, 0.2) is 36.4 Å². The maximum atomic E-state index is 10.2. The van der Waals surface area contributed by atoms with Crippen molar-refractivity contribution >= 4 is 17.0 Å². The second-order valence-electron chi connectivity index (χ2n) is 7.26. The number of aryl methyl sites for hydroxylation is 1. The van der Waals surface area contributed by atoms with Crippen LogP contribution in [0.3, 0.4) is 0 Å². The fraction of sp³-hybridized carbons (Fsp3) is 0.400. The van der Waals surface area contributed by atoms with Crippen molar-refractivity contribution in [3.8, 4) is 5.75 Å². The Hall–Kier alpha value is -2.64. The number of pyridine rings is 1. The molecule has 1 saturated heterocycles. The summed E-state index contributed by atoms with van der Waals surface area (Å²) in [5.74, 6) is 0.342. The fourth-order valence-corrected chi connectivity index (χ4v) is 3.31. The van der Waals surface area contributed by atoms with E-state index in [0.29, 0.717) is 31.3 Å². The number of aromatic hydroxyl groups is 1. The third-order valence-corrected chi connectivity index (χ3v) is 4.61. The Morgan fingerprint density at radius 3 is 2.81 bits per heavy atom. The van der Waals surface area contributed by atoms with Gasteiger partial charge in [0.15, 0.2) is 5.79 Å². The van der Waals surface area contributed by atoms with Crippen molar-refractivity contribution in [2.24, 2.45) is 0 Å². The number of imidazole rings is 1. The van der Waals surface area contributed by atoms with Gasteiger partial charge in [-0.2, -0.15) is 0 Å². The van der Waals surface area contributed by atoms with Gasteiger partial charge in [-0.25, -0.2) is 4.98 Å². The Kier molecular flexibility index (Phi) is 4.49. The number of benzene rings is 1. The summed E-state index contributed by atoms with van der Waals surface area (Å²) in [5.41, 5.74) is 3.34. The van der Waals surface area contributed by atoms with Gasteiger partial charge in [0, 0.05) is 12.2 Å². The van der Waals surface area contributed by atoms with Crippen LogP contribution < -0.4 is 5.32 Å². The fourth-order valence-electron chi connectivity index (χ4n) is 3.31. The molecule has 7 nitrogen and oxygen atoms in total. The maximum Gasteiger partial charge on any atom is 0.204 e. The van der Waals surface area contributed by atoms with Gasteiger partial charge in [0.2, 0.25) is 5.95 Å². The molecule has 3 aromatic rings. The zero-order chi connectivity index (χ0) is 19.0. The Morgan fingerprint density at radius 1 is 1.22 bits per heavy atom. The molecule has 27 heavy (non-hydrogen) atoms. The molecule has 0 aliphatic carbocycles. The van der Waals surface area contributed by atoms with E-state index >= 15 is 0 Å². The first-order valence-corrected chi connectivity index (χ1v) is 9.08. The summed E-state index contributed by atoms with van der Waals surface area (Å²) in [4.78, 5) is 9.19. The summed E-state index contributed by atoms with van der Waals surface area (Å²) in [6.07, 6.45) is -0.0428. The van der Waals surface area contributed by atoms with E-state index in [4.69, 9.17) is 14.5 Å². The van der Waals surface area contributed by atoms with Crippen molar-refractivity contribution in [1.82, 2.24) is 14.5 Å². The summed E-state index contributed by atoms with van der Waals surface area (Å²) < 4.78 is 13.5. The third-order valence-electron chi connectivity index (χ3n) is 4.61. The molecular weight excluding hydrogens is 344 g/mol. The number of aromatic nitrogens is 3. The van der Waals surface area contributed by atoms with Crippen molar-refractivity contribution in [2.75, 3.05) is 18.5 Å². The highest BCUT2D eigenvalue weighted by molar-refractivity contribution is 5.78. The molecule has 1 fully saturated rings. The Balaban J connectivity index is 1.62. The number of hydrogen-bond acceptors (Lipinski definition) is 6. The monoisotopic (exact) mass is 368 g/mol. The molecule has 7 heteroatoms. The quantitative estimate of drug-likeness (QED) is 0.720. The number of nitrogens with one attached hydrogen (secondary N) is 1. The van der Waals surface area contributed by atoms with Crippen LogP contribution in [0, 0.1) is 6.92 Å². The maximum absolute atomic E-state index is 10.2. The molecule has 0 amide bonds. The van der Waals surface area contributed by atoms with Crippen LogP contribution >= 0.6 is 0 Å². The van der Waals surface area contributed by atoms with E-state index in [-0.39, 0.29) is 11.9 Å². The minimum absolute atomic E-state index is 0.0428.